The molecular formula is C16H13FN2O2. The Morgan fingerprint density at radius 3 is 2.67 bits per heavy atom. The van der Waals surface area contributed by atoms with E-state index >= 15 is 0 Å². The van der Waals surface area contributed by atoms with Gasteiger partial charge in [-0.2, -0.15) is 5.26 Å². The van der Waals surface area contributed by atoms with E-state index in [9.17, 15) is 9.18 Å². The SMILES string of the molecule is C[C@H](Oc1ccc(F)cc1)C(=O)Nc1cccc(C#N)c1. The number of anilines is 1. The Morgan fingerprint density at radius 1 is 1.29 bits per heavy atom. The number of nitriles is 1. The molecule has 0 saturated carbocycles. The van der Waals surface area contributed by atoms with Crippen LogP contribution in [0.4, 0.5) is 10.1 Å². The average molecular weight is 284 g/mol. The van der Waals surface area contributed by atoms with Gasteiger partial charge in [-0.05, 0) is 49.4 Å². The lowest BCUT2D eigenvalue weighted by atomic mass is 10.2. The Kier molecular flexibility index (Phi) is 4.52. The van der Waals surface area contributed by atoms with E-state index in [0.29, 0.717) is 17.0 Å². The lowest BCUT2D eigenvalue weighted by Crippen LogP contribution is -2.30. The third-order valence-corrected chi connectivity index (χ3v) is 2.75. The van der Waals surface area contributed by atoms with E-state index in [0.717, 1.165) is 0 Å². The summed E-state index contributed by atoms with van der Waals surface area (Å²) in [5, 5.41) is 11.5. The van der Waals surface area contributed by atoms with Crippen molar-refractivity contribution in [2.75, 3.05) is 5.32 Å². The number of nitrogens with zero attached hydrogens (tertiary/aromatic N) is 1. The Morgan fingerprint density at radius 2 is 2.00 bits per heavy atom. The molecule has 0 saturated heterocycles. The second-order valence-electron chi connectivity index (χ2n) is 4.40. The molecule has 0 fully saturated rings. The van der Waals surface area contributed by atoms with Crippen LogP contribution in [-0.2, 0) is 4.79 Å². The summed E-state index contributed by atoms with van der Waals surface area (Å²) < 4.78 is 18.2. The molecular weight excluding hydrogens is 271 g/mol. The zero-order valence-corrected chi connectivity index (χ0v) is 11.3. The highest BCUT2D eigenvalue weighted by atomic mass is 19.1. The number of halogens is 1. The fraction of sp³-hybridized carbons (Fsp3) is 0.125. The van der Waals surface area contributed by atoms with E-state index in [1.807, 2.05) is 6.07 Å². The summed E-state index contributed by atoms with van der Waals surface area (Å²) >= 11 is 0. The number of hydrogen-bond donors (Lipinski definition) is 1. The summed E-state index contributed by atoms with van der Waals surface area (Å²) in [5.74, 6) is -0.313. The van der Waals surface area contributed by atoms with Crippen molar-refractivity contribution in [3.8, 4) is 11.8 Å². The minimum absolute atomic E-state index is 0.352. The van der Waals surface area contributed by atoms with Gasteiger partial charge in [-0.1, -0.05) is 6.07 Å². The first-order valence-corrected chi connectivity index (χ1v) is 6.32. The normalized spacial score (nSPS) is 11.3. The summed E-state index contributed by atoms with van der Waals surface area (Å²) in [6.45, 7) is 1.59. The maximum atomic E-state index is 12.8. The lowest BCUT2D eigenvalue weighted by Gasteiger charge is -2.14. The first kappa shape index (κ1) is 14.5. The molecule has 4 nitrogen and oxygen atoms in total. The van der Waals surface area contributed by atoms with Gasteiger partial charge in [-0.15, -0.1) is 0 Å². The number of hydrogen-bond acceptors (Lipinski definition) is 3. The molecule has 106 valence electrons. The summed E-state index contributed by atoms with van der Waals surface area (Å²) in [5.41, 5.74) is 0.980. The largest absolute Gasteiger partial charge is 0.481 e. The summed E-state index contributed by atoms with van der Waals surface area (Å²) in [4.78, 5) is 12.0. The fourth-order valence-electron chi connectivity index (χ4n) is 1.68. The first-order valence-electron chi connectivity index (χ1n) is 6.32. The molecule has 0 unspecified atom stereocenters. The van der Waals surface area contributed by atoms with Crippen LogP contribution in [0.3, 0.4) is 0 Å². The van der Waals surface area contributed by atoms with Crippen molar-refractivity contribution in [1.82, 2.24) is 0 Å². The predicted molar refractivity (Wildman–Crippen MR) is 76.3 cm³/mol. The molecule has 0 bridgehead atoms. The average Bonchev–Trinajstić information content (AvgIpc) is 2.49. The van der Waals surface area contributed by atoms with Crippen LogP contribution in [0.15, 0.2) is 48.5 Å². The van der Waals surface area contributed by atoms with Gasteiger partial charge in [0.2, 0.25) is 0 Å². The van der Waals surface area contributed by atoms with Crippen molar-refractivity contribution < 1.29 is 13.9 Å². The molecule has 0 radical (unpaired) electrons. The number of ether oxygens (including phenoxy) is 1. The van der Waals surface area contributed by atoms with E-state index in [1.165, 1.54) is 24.3 Å². The van der Waals surface area contributed by atoms with Crippen molar-refractivity contribution in [2.45, 2.75) is 13.0 Å². The number of benzene rings is 2. The third-order valence-electron chi connectivity index (χ3n) is 2.75. The number of amides is 1. The van der Waals surface area contributed by atoms with Crippen LogP contribution in [0.2, 0.25) is 0 Å². The molecule has 1 atom stereocenters. The molecule has 2 rings (SSSR count). The van der Waals surface area contributed by atoms with Crippen LogP contribution in [0.25, 0.3) is 0 Å². The van der Waals surface area contributed by atoms with Crippen molar-refractivity contribution in [3.63, 3.8) is 0 Å². The number of rotatable bonds is 4. The molecule has 0 aliphatic carbocycles. The summed E-state index contributed by atoms with van der Waals surface area (Å²) in [6.07, 6.45) is -0.749. The van der Waals surface area contributed by atoms with Gasteiger partial charge in [-0.3, -0.25) is 4.79 Å². The zero-order valence-electron chi connectivity index (χ0n) is 11.3. The molecule has 0 heterocycles. The maximum Gasteiger partial charge on any atom is 0.265 e. The second-order valence-corrected chi connectivity index (χ2v) is 4.40. The molecule has 0 aliphatic rings. The van der Waals surface area contributed by atoms with Gasteiger partial charge in [-0.25, -0.2) is 4.39 Å². The van der Waals surface area contributed by atoms with Gasteiger partial charge in [0.15, 0.2) is 6.10 Å². The zero-order chi connectivity index (χ0) is 15.2. The highest BCUT2D eigenvalue weighted by Crippen LogP contribution is 2.15. The van der Waals surface area contributed by atoms with E-state index in [1.54, 1.807) is 31.2 Å². The lowest BCUT2D eigenvalue weighted by molar-refractivity contribution is -0.122. The molecule has 21 heavy (non-hydrogen) atoms. The van der Waals surface area contributed by atoms with Gasteiger partial charge < -0.3 is 10.1 Å². The van der Waals surface area contributed by atoms with Crippen molar-refractivity contribution in [1.29, 1.82) is 5.26 Å². The van der Waals surface area contributed by atoms with E-state index in [4.69, 9.17) is 10.00 Å². The number of carbonyl (C=O) groups excluding carboxylic acids is 1. The van der Waals surface area contributed by atoms with E-state index in [-0.39, 0.29) is 11.7 Å². The third kappa shape index (κ3) is 4.05. The van der Waals surface area contributed by atoms with Gasteiger partial charge >= 0.3 is 0 Å². The van der Waals surface area contributed by atoms with Crippen LogP contribution >= 0.6 is 0 Å². The highest BCUT2D eigenvalue weighted by molar-refractivity contribution is 5.94. The van der Waals surface area contributed by atoms with Crippen molar-refractivity contribution >= 4 is 11.6 Å². The van der Waals surface area contributed by atoms with Crippen LogP contribution in [-0.4, -0.2) is 12.0 Å². The number of carbonyl (C=O) groups is 1. The number of nitrogens with one attached hydrogen (secondary N) is 1. The van der Waals surface area contributed by atoms with Crippen LogP contribution in [0.1, 0.15) is 12.5 Å². The molecule has 0 spiro atoms. The molecule has 0 aromatic heterocycles. The predicted octanol–water partition coefficient (Wildman–Crippen LogP) is 3.10. The van der Waals surface area contributed by atoms with E-state index in [2.05, 4.69) is 5.32 Å². The molecule has 1 amide bonds. The summed E-state index contributed by atoms with van der Waals surface area (Å²) in [6, 6.07) is 14.0. The van der Waals surface area contributed by atoms with Crippen molar-refractivity contribution in [2.24, 2.45) is 0 Å². The molecule has 2 aromatic rings. The van der Waals surface area contributed by atoms with Gasteiger partial charge in [0, 0.05) is 5.69 Å². The minimum Gasteiger partial charge on any atom is -0.481 e. The highest BCUT2D eigenvalue weighted by Gasteiger charge is 2.15. The summed E-state index contributed by atoms with van der Waals surface area (Å²) in [7, 11) is 0. The maximum absolute atomic E-state index is 12.8. The molecule has 5 heteroatoms. The Balaban J connectivity index is 1.99. The Hall–Kier alpha value is -2.87. The molecule has 0 aliphatic heterocycles. The molecule has 2 aromatic carbocycles. The Bertz CT molecular complexity index is 677. The van der Waals surface area contributed by atoms with Crippen molar-refractivity contribution in [3.05, 3.63) is 59.9 Å². The smallest absolute Gasteiger partial charge is 0.265 e. The van der Waals surface area contributed by atoms with E-state index < -0.39 is 6.10 Å². The fourth-order valence-corrected chi connectivity index (χ4v) is 1.68. The first-order chi connectivity index (χ1) is 10.1. The monoisotopic (exact) mass is 284 g/mol. The standard InChI is InChI=1S/C16H13FN2O2/c1-11(21-15-7-5-13(17)6-8-15)16(20)19-14-4-2-3-12(9-14)10-18/h2-9,11H,1H3,(H,19,20)/t11-/m0/s1. The van der Waals surface area contributed by atoms with Gasteiger partial charge in [0.25, 0.3) is 5.91 Å². The van der Waals surface area contributed by atoms with Gasteiger partial charge in [0.05, 0.1) is 11.6 Å². The van der Waals surface area contributed by atoms with Crippen LogP contribution < -0.4 is 10.1 Å². The minimum atomic E-state index is -0.749. The second kappa shape index (κ2) is 6.53. The Labute approximate surface area is 121 Å². The molecule has 1 N–H and O–H groups in total. The van der Waals surface area contributed by atoms with Gasteiger partial charge in [0.1, 0.15) is 11.6 Å². The van der Waals surface area contributed by atoms with Crippen LogP contribution in [0.5, 0.6) is 5.75 Å². The van der Waals surface area contributed by atoms with Crippen LogP contribution in [0, 0.1) is 17.1 Å². The quantitative estimate of drug-likeness (QED) is 0.938. The topological polar surface area (TPSA) is 62.1 Å².